The van der Waals surface area contributed by atoms with Gasteiger partial charge < -0.3 is 20.8 Å². The summed E-state index contributed by atoms with van der Waals surface area (Å²) in [7, 11) is 0. The molecule has 2 rings (SSSR count). The van der Waals surface area contributed by atoms with Crippen molar-refractivity contribution in [1.29, 1.82) is 0 Å². The summed E-state index contributed by atoms with van der Waals surface area (Å²) in [4.78, 5) is 19.4. The van der Waals surface area contributed by atoms with Gasteiger partial charge in [0, 0.05) is 18.8 Å². The molecular formula is C15H23FN4O3. The van der Waals surface area contributed by atoms with Gasteiger partial charge in [-0.3, -0.25) is 0 Å². The zero-order valence-electron chi connectivity index (χ0n) is 13.1. The van der Waals surface area contributed by atoms with Crippen molar-refractivity contribution in [1.82, 2.24) is 9.97 Å². The third-order valence-electron chi connectivity index (χ3n) is 3.98. The maximum absolute atomic E-state index is 13.3. The van der Waals surface area contributed by atoms with Gasteiger partial charge in [0.2, 0.25) is 5.95 Å². The highest BCUT2D eigenvalue weighted by Gasteiger charge is 2.22. The molecule has 0 spiro atoms. The number of carboxylic acid groups (broad SMARTS) is 1. The van der Waals surface area contributed by atoms with E-state index in [1.807, 2.05) is 0 Å². The lowest BCUT2D eigenvalue weighted by atomic mass is 9.93. The number of nitrogens with one attached hydrogen (secondary N) is 2. The largest absolute Gasteiger partial charge is 0.477 e. The molecule has 1 aromatic heterocycles. The lowest BCUT2D eigenvalue weighted by Gasteiger charge is -2.27. The van der Waals surface area contributed by atoms with Crippen molar-refractivity contribution in [2.75, 3.05) is 17.2 Å². The molecule has 0 saturated heterocycles. The molecule has 7 nitrogen and oxygen atoms in total. The first-order valence-corrected chi connectivity index (χ1v) is 7.92. The van der Waals surface area contributed by atoms with E-state index < -0.39 is 12.1 Å². The molecule has 1 atom stereocenters. The summed E-state index contributed by atoms with van der Waals surface area (Å²) in [6, 6.07) is 0.0591. The minimum absolute atomic E-state index is 0.0195. The molecule has 4 N–H and O–H groups in total. The van der Waals surface area contributed by atoms with Gasteiger partial charge in [-0.2, -0.15) is 4.98 Å². The highest BCUT2D eigenvalue weighted by atomic mass is 19.1. The van der Waals surface area contributed by atoms with E-state index in [0.29, 0.717) is 19.3 Å². The van der Waals surface area contributed by atoms with Gasteiger partial charge in [-0.05, 0) is 32.1 Å². The van der Waals surface area contributed by atoms with Crippen LogP contribution < -0.4 is 10.6 Å². The first kappa shape index (κ1) is 17.4. The Morgan fingerprint density at radius 1 is 1.43 bits per heavy atom. The fraction of sp³-hybridized carbons (Fsp3) is 0.667. The summed E-state index contributed by atoms with van der Waals surface area (Å²) in [6.45, 7) is 1.82. The van der Waals surface area contributed by atoms with E-state index in [1.165, 1.54) is 6.20 Å². The van der Waals surface area contributed by atoms with Gasteiger partial charge in [-0.1, -0.05) is 6.92 Å². The minimum Gasteiger partial charge on any atom is -0.477 e. The van der Waals surface area contributed by atoms with Crippen LogP contribution in [0.3, 0.4) is 0 Å². The van der Waals surface area contributed by atoms with Gasteiger partial charge in [0.15, 0.2) is 0 Å². The molecule has 0 bridgehead atoms. The van der Waals surface area contributed by atoms with Crippen LogP contribution in [0.5, 0.6) is 0 Å². The number of rotatable bonds is 7. The van der Waals surface area contributed by atoms with Crippen LogP contribution in [-0.4, -0.2) is 51.0 Å². The molecule has 0 aromatic carbocycles. The van der Waals surface area contributed by atoms with E-state index in [9.17, 15) is 19.4 Å². The molecule has 1 aromatic rings. The van der Waals surface area contributed by atoms with Crippen molar-refractivity contribution in [2.45, 2.75) is 57.3 Å². The zero-order chi connectivity index (χ0) is 16.8. The molecule has 0 amide bonds. The normalized spacial score (nSPS) is 22.4. The van der Waals surface area contributed by atoms with E-state index >= 15 is 0 Å². The molecule has 1 unspecified atom stereocenters. The van der Waals surface area contributed by atoms with Gasteiger partial charge in [0.1, 0.15) is 17.6 Å². The number of aromatic carboxylic acids is 1. The van der Waals surface area contributed by atoms with Crippen molar-refractivity contribution >= 4 is 17.7 Å². The lowest BCUT2D eigenvalue weighted by molar-refractivity contribution is 0.0696. The Kier molecular flexibility index (Phi) is 6.09. The number of hydrogen-bond donors (Lipinski definition) is 4. The smallest absolute Gasteiger partial charge is 0.341 e. The van der Waals surface area contributed by atoms with Crippen molar-refractivity contribution in [2.24, 2.45) is 0 Å². The molecule has 23 heavy (non-hydrogen) atoms. The average molecular weight is 326 g/mol. The number of anilines is 2. The van der Waals surface area contributed by atoms with Crippen molar-refractivity contribution in [3.05, 3.63) is 11.8 Å². The van der Waals surface area contributed by atoms with E-state index in [0.717, 1.165) is 12.8 Å². The Balaban J connectivity index is 2.09. The fourth-order valence-corrected chi connectivity index (χ4v) is 2.49. The van der Waals surface area contributed by atoms with Crippen LogP contribution in [-0.2, 0) is 0 Å². The predicted octanol–water partition coefficient (Wildman–Crippen LogP) is 2.05. The number of aliphatic hydroxyl groups excluding tert-OH is 1. The number of halogens is 1. The van der Waals surface area contributed by atoms with E-state index in [1.54, 1.807) is 6.92 Å². The quantitative estimate of drug-likeness (QED) is 0.607. The first-order chi connectivity index (χ1) is 11.0. The molecular weight excluding hydrogens is 303 g/mol. The molecule has 1 fully saturated rings. The van der Waals surface area contributed by atoms with Gasteiger partial charge in [0.05, 0.1) is 6.10 Å². The number of hydrogen-bond acceptors (Lipinski definition) is 6. The summed E-state index contributed by atoms with van der Waals surface area (Å²) in [5, 5.41) is 24.7. The van der Waals surface area contributed by atoms with Crippen LogP contribution in [0.15, 0.2) is 6.20 Å². The maximum Gasteiger partial charge on any atom is 0.341 e. The number of carboxylic acids is 1. The summed E-state index contributed by atoms with van der Waals surface area (Å²) >= 11 is 0. The molecule has 0 aliphatic heterocycles. The Morgan fingerprint density at radius 2 is 2.13 bits per heavy atom. The van der Waals surface area contributed by atoms with Gasteiger partial charge in [-0.15, -0.1) is 0 Å². The molecule has 0 radical (unpaired) electrons. The third-order valence-corrected chi connectivity index (χ3v) is 3.98. The van der Waals surface area contributed by atoms with E-state index in [-0.39, 0.29) is 36.0 Å². The van der Waals surface area contributed by atoms with Crippen molar-refractivity contribution < 1.29 is 19.4 Å². The monoisotopic (exact) mass is 326 g/mol. The number of nitrogens with zero attached hydrogens (tertiary/aromatic N) is 2. The van der Waals surface area contributed by atoms with Crippen LogP contribution in [0.25, 0.3) is 0 Å². The second-order valence-electron chi connectivity index (χ2n) is 5.80. The highest BCUT2D eigenvalue weighted by Crippen LogP contribution is 2.23. The number of aromatic nitrogens is 2. The second-order valence-corrected chi connectivity index (χ2v) is 5.80. The number of aliphatic hydroxyl groups is 1. The number of alkyl halides is 1. The molecule has 1 aliphatic carbocycles. The predicted molar refractivity (Wildman–Crippen MR) is 84.6 cm³/mol. The summed E-state index contributed by atoms with van der Waals surface area (Å²) in [5.41, 5.74) is -0.0195. The van der Waals surface area contributed by atoms with Crippen LogP contribution in [0, 0.1) is 0 Å². The van der Waals surface area contributed by atoms with E-state index in [2.05, 4.69) is 20.6 Å². The minimum atomic E-state index is -1.12. The summed E-state index contributed by atoms with van der Waals surface area (Å²) in [6.07, 6.45) is 3.16. The molecule has 128 valence electrons. The van der Waals surface area contributed by atoms with Crippen LogP contribution >= 0.6 is 0 Å². The van der Waals surface area contributed by atoms with Crippen molar-refractivity contribution in [3.63, 3.8) is 0 Å². The highest BCUT2D eigenvalue weighted by molar-refractivity contribution is 5.93. The average Bonchev–Trinajstić information content (AvgIpc) is 2.54. The zero-order valence-corrected chi connectivity index (χ0v) is 13.1. The maximum atomic E-state index is 13.3. The topological polar surface area (TPSA) is 107 Å². The summed E-state index contributed by atoms with van der Waals surface area (Å²) in [5.74, 6) is -0.695. The van der Waals surface area contributed by atoms with Gasteiger partial charge >= 0.3 is 5.97 Å². The molecule has 1 saturated carbocycles. The first-order valence-electron chi connectivity index (χ1n) is 7.92. The third kappa shape index (κ3) is 5.02. The fourth-order valence-electron chi connectivity index (χ4n) is 2.49. The SMILES string of the molecule is CCC(F)CNc1ncc(C(=O)O)c(NC2CCC(O)CC2)n1. The molecule has 1 aliphatic rings. The Labute approximate surface area is 134 Å². The van der Waals surface area contributed by atoms with Crippen LogP contribution in [0.1, 0.15) is 49.4 Å². The van der Waals surface area contributed by atoms with Gasteiger partial charge in [-0.25, -0.2) is 14.2 Å². The lowest BCUT2D eigenvalue weighted by Crippen LogP contribution is -2.29. The molecule has 1 heterocycles. The van der Waals surface area contributed by atoms with Gasteiger partial charge in [0.25, 0.3) is 0 Å². The van der Waals surface area contributed by atoms with Crippen molar-refractivity contribution in [3.8, 4) is 0 Å². The van der Waals surface area contributed by atoms with Crippen LogP contribution in [0.2, 0.25) is 0 Å². The van der Waals surface area contributed by atoms with E-state index in [4.69, 9.17) is 0 Å². The Morgan fingerprint density at radius 3 is 2.74 bits per heavy atom. The Hall–Kier alpha value is -1.96. The standard InChI is InChI=1S/C15H23FN4O3/c1-2-9(16)7-17-15-18-8-12(14(22)23)13(20-15)19-10-3-5-11(21)6-4-10/h8-11,21H,2-7H2,1H3,(H,22,23)(H2,17,18,19,20). The summed E-state index contributed by atoms with van der Waals surface area (Å²) < 4.78 is 13.3. The van der Waals surface area contributed by atoms with Crippen LogP contribution in [0.4, 0.5) is 16.2 Å². The Bertz CT molecular complexity index is 535. The molecule has 8 heteroatoms. The second kappa shape index (κ2) is 8.05. The number of carbonyl (C=O) groups is 1.